The number of carbonyl (C=O) groups excluding carboxylic acids is 1. The summed E-state index contributed by atoms with van der Waals surface area (Å²) in [5.41, 5.74) is 5.46. The Balaban J connectivity index is 1.78. The number of benzene rings is 2. The summed E-state index contributed by atoms with van der Waals surface area (Å²) >= 11 is 0. The normalized spacial score (nSPS) is 15.3. The fraction of sp³-hybridized carbons (Fsp3) is 0.333. The van der Waals surface area contributed by atoms with E-state index in [1.165, 1.54) is 0 Å². The molecular formula is C27H29N3O4S. The highest BCUT2D eigenvalue weighted by Crippen LogP contribution is 2.39. The Labute approximate surface area is 204 Å². The van der Waals surface area contributed by atoms with E-state index < -0.39 is 9.84 Å². The molecule has 7 nitrogen and oxygen atoms in total. The maximum absolute atomic E-state index is 13.6. The number of nitrogens with one attached hydrogen (secondary N) is 1. The number of amides is 1. The molecule has 0 saturated carbocycles. The van der Waals surface area contributed by atoms with Crippen LogP contribution in [0.5, 0.6) is 0 Å². The number of aromatic nitrogens is 2. The third kappa shape index (κ3) is 4.10. The number of hydrogen-bond acceptors (Lipinski definition) is 5. The van der Waals surface area contributed by atoms with Gasteiger partial charge in [-0.25, -0.2) is 13.4 Å². The summed E-state index contributed by atoms with van der Waals surface area (Å²) in [7, 11) is -3.39. The Bertz CT molecular complexity index is 1560. The van der Waals surface area contributed by atoms with Crippen molar-refractivity contribution in [3.63, 3.8) is 0 Å². The van der Waals surface area contributed by atoms with Gasteiger partial charge in [0.2, 0.25) is 0 Å². The summed E-state index contributed by atoms with van der Waals surface area (Å²) in [4.78, 5) is 23.6. The molecule has 4 aromatic rings. The number of nitrogens with zero attached hydrogens (tertiary/aromatic N) is 2. The fourth-order valence-corrected chi connectivity index (χ4v) is 5.83. The molecule has 1 amide bonds. The molecule has 2 N–H and O–H groups in total. The molecule has 0 radical (unpaired) electrons. The maximum atomic E-state index is 13.6. The van der Waals surface area contributed by atoms with Gasteiger partial charge in [-0.3, -0.25) is 4.79 Å². The lowest BCUT2D eigenvalue weighted by atomic mass is 9.93. The average molecular weight is 492 g/mol. The zero-order valence-electron chi connectivity index (χ0n) is 20.1. The first-order chi connectivity index (χ1) is 16.7. The van der Waals surface area contributed by atoms with Crippen LogP contribution in [0, 0.1) is 13.8 Å². The number of fused-ring (bicyclic) bond motifs is 3. The van der Waals surface area contributed by atoms with Crippen LogP contribution in [0.3, 0.4) is 0 Å². The van der Waals surface area contributed by atoms with Crippen molar-refractivity contribution < 1.29 is 18.3 Å². The molecule has 182 valence electrons. The Morgan fingerprint density at radius 3 is 2.63 bits per heavy atom. The zero-order valence-corrected chi connectivity index (χ0v) is 20.9. The summed E-state index contributed by atoms with van der Waals surface area (Å²) in [5, 5.41) is 11.7. The van der Waals surface area contributed by atoms with E-state index in [0.717, 1.165) is 44.2 Å². The highest BCUT2D eigenvalue weighted by molar-refractivity contribution is 7.91. The van der Waals surface area contributed by atoms with Crippen molar-refractivity contribution in [2.24, 2.45) is 0 Å². The topological polar surface area (TPSA) is 103 Å². The zero-order chi connectivity index (χ0) is 24.9. The van der Waals surface area contributed by atoms with Gasteiger partial charge in [-0.05, 0) is 73.2 Å². The van der Waals surface area contributed by atoms with Crippen LogP contribution in [0.25, 0.3) is 33.1 Å². The number of aryl methyl sites for hydroxylation is 2. The predicted octanol–water partition coefficient (Wildman–Crippen LogP) is 4.39. The molecule has 1 fully saturated rings. The van der Waals surface area contributed by atoms with Crippen molar-refractivity contribution in [3.8, 4) is 11.1 Å². The van der Waals surface area contributed by atoms with Crippen molar-refractivity contribution >= 4 is 37.7 Å². The number of carbonyl (C=O) groups is 1. The van der Waals surface area contributed by atoms with E-state index in [1.807, 2.05) is 26.0 Å². The third-order valence-electron chi connectivity index (χ3n) is 6.99. The number of rotatable bonds is 4. The van der Waals surface area contributed by atoms with E-state index in [9.17, 15) is 18.3 Å². The van der Waals surface area contributed by atoms with Crippen LogP contribution in [0.15, 0.2) is 47.5 Å². The lowest BCUT2D eigenvalue weighted by Crippen LogP contribution is -2.40. The number of piperidine rings is 1. The highest BCUT2D eigenvalue weighted by atomic mass is 32.2. The van der Waals surface area contributed by atoms with E-state index in [1.54, 1.807) is 36.2 Å². The number of pyridine rings is 1. The SMILES string of the molecule is CCS(=O)(=O)c1cccc(-c2cc(C(=O)N3CCC(O)CC3)c(C)c3[nH]c4ncc(C)cc4c23)c1. The maximum Gasteiger partial charge on any atom is 0.254 e. The first-order valence-electron chi connectivity index (χ1n) is 11.9. The minimum Gasteiger partial charge on any atom is -0.393 e. The van der Waals surface area contributed by atoms with Gasteiger partial charge in [-0.1, -0.05) is 19.1 Å². The average Bonchev–Trinajstić information content (AvgIpc) is 3.24. The molecule has 1 saturated heterocycles. The Morgan fingerprint density at radius 2 is 1.91 bits per heavy atom. The third-order valence-corrected chi connectivity index (χ3v) is 8.72. The summed E-state index contributed by atoms with van der Waals surface area (Å²) in [6, 6.07) is 10.9. The van der Waals surface area contributed by atoms with E-state index in [4.69, 9.17) is 0 Å². The van der Waals surface area contributed by atoms with Crippen molar-refractivity contribution in [2.45, 2.75) is 44.6 Å². The second-order valence-corrected chi connectivity index (χ2v) is 11.6. The molecular weight excluding hydrogens is 462 g/mol. The van der Waals surface area contributed by atoms with E-state index in [-0.39, 0.29) is 22.7 Å². The Hall–Kier alpha value is -3.23. The van der Waals surface area contributed by atoms with Crippen molar-refractivity contribution in [2.75, 3.05) is 18.8 Å². The molecule has 2 aromatic heterocycles. The number of likely N-dealkylation sites (tertiary alicyclic amines) is 1. The minimum atomic E-state index is -3.39. The second kappa shape index (κ2) is 8.77. The van der Waals surface area contributed by atoms with Crippen LogP contribution < -0.4 is 0 Å². The summed E-state index contributed by atoms with van der Waals surface area (Å²) < 4.78 is 25.2. The van der Waals surface area contributed by atoms with E-state index >= 15 is 0 Å². The molecule has 35 heavy (non-hydrogen) atoms. The Morgan fingerprint density at radius 1 is 1.17 bits per heavy atom. The number of H-pyrrole nitrogens is 1. The van der Waals surface area contributed by atoms with Crippen LogP contribution in [-0.2, 0) is 9.84 Å². The molecule has 5 rings (SSSR count). The largest absolute Gasteiger partial charge is 0.393 e. The molecule has 1 aliphatic rings. The van der Waals surface area contributed by atoms with Gasteiger partial charge >= 0.3 is 0 Å². The summed E-state index contributed by atoms with van der Waals surface area (Å²) in [6.07, 6.45) is 2.55. The second-order valence-electron chi connectivity index (χ2n) is 9.34. The molecule has 1 aliphatic heterocycles. The molecule has 0 unspecified atom stereocenters. The quantitative estimate of drug-likeness (QED) is 0.441. The van der Waals surface area contributed by atoms with Crippen LogP contribution >= 0.6 is 0 Å². The van der Waals surface area contributed by atoms with Gasteiger partial charge in [0.15, 0.2) is 9.84 Å². The van der Waals surface area contributed by atoms with Gasteiger partial charge in [0, 0.05) is 35.6 Å². The Kier molecular flexibility index (Phi) is 5.89. The van der Waals surface area contributed by atoms with Crippen LogP contribution in [0.4, 0.5) is 0 Å². The van der Waals surface area contributed by atoms with Crippen LogP contribution in [-0.4, -0.2) is 59.2 Å². The van der Waals surface area contributed by atoms with Crippen molar-refractivity contribution in [1.82, 2.24) is 14.9 Å². The molecule has 0 aliphatic carbocycles. The monoisotopic (exact) mass is 491 g/mol. The number of aliphatic hydroxyl groups is 1. The lowest BCUT2D eigenvalue weighted by molar-refractivity contribution is 0.0546. The van der Waals surface area contributed by atoms with E-state index in [0.29, 0.717) is 31.5 Å². The molecule has 3 heterocycles. The predicted molar refractivity (Wildman–Crippen MR) is 137 cm³/mol. The van der Waals surface area contributed by atoms with Gasteiger partial charge in [-0.2, -0.15) is 0 Å². The van der Waals surface area contributed by atoms with Crippen LogP contribution in [0.1, 0.15) is 41.3 Å². The molecule has 2 aromatic carbocycles. The first kappa shape index (κ1) is 23.5. The highest BCUT2D eigenvalue weighted by Gasteiger charge is 2.26. The van der Waals surface area contributed by atoms with Gasteiger partial charge in [0.05, 0.1) is 22.3 Å². The van der Waals surface area contributed by atoms with Crippen molar-refractivity contribution in [1.29, 1.82) is 0 Å². The smallest absolute Gasteiger partial charge is 0.254 e. The molecule has 0 spiro atoms. The number of aromatic amines is 1. The lowest BCUT2D eigenvalue weighted by Gasteiger charge is -2.30. The van der Waals surface area contributed by atoms with Gasteiger partial charge < -0.3 is 15.0 Å². The molecule has 0 bridgehead atoms. The molecule has 0 atom stereocenters. The summed E-state index contributed by atoms with van der Waals surface area (Å²) in [6.45, 7) is 6.55. The summed E-state index contributed by atoms with van der Waals surface area (Å²) in [5.74, 6) is -0.0711. The van der Waals surface area contributed by atoms with Gasteiger partial charge in [0.25, 0.3) is 5.91 Å². The fourth-order valence-electron chi connectivity index (χ4n) is 4.91. The number of aliphatic hydroxyl groups excluding tert-OH is 1. The molecule has 8 heteroatoms. The minimum absolute atomic E-state index is 0.0144. The number of sulfone groups is 1. The standard InChI is InChI=1S/C27H29N3O4S/c1-4-35(33,34)20-7-5-6-18(13-20)22-14-21(27(32)30-10-8-19(31)9-11-30)17(3)25-24(22)23-12-16(2)15-28-26(23)29-25/h5-7,12-15,19,31H,4,8-11H2,1-3H3,(H,28,29). The van der Waals surface area contributed by atoms with Crippen molar-refractivity contribution in [3.05, 3.63) is 59.3 Å². The number of hydrogen-bond donors (Lipinski definition) is 2. The van der Waals surface area contributed by atoms with Crippen LogP contribution in [0.2, 0.25) is 0 Å². The van der Waals surface area contributed by atoms with Gasteiger partial charge in [-0.15, -0.1) is 0 Å². The van der Waals surface area contributed by atoms with E-state index in [2.05, 4.69) is 16.0 Å². The first-order valence-corrected chi connectivity index (χ1v) is 13.6. The van der Waals surface area contributed by atoms with Gasteiger partial charge in [0.1, 0.15) is 5.65 Å².